The van der Waals surface area contributed by atoms with Crippen LogP contribution in [0, 0.1) is 0 Å². The highest BCUT2D eigenvalue weighted by Crippen LogP contribution is 2.12. The topological polar surface area (TPSA) is 20.2 Å². The van der Waals surface area contributed by atoms with Gasteiger partial charge in [0.25, 0.3) is 0 Å². The van der Waals surface area contributed by atoms with Crippen LogP contribution in [0.25, 0.3) is 0 Å². The molecule has 0 fully saturated rings. The first-order chi connectivity index (χ1) is 5.18. The molecule has 2 heteroatoms. The van der Waals surface area contributed by atoms with E-state index in [-0.39, 0.29) is 0 Å². The summed E-state index contributed by atoms with van der Waals surface area (Å²) in [6, 6.07) is 7.46. The van der Waals surface area contributed by atoms with Gasteiger partial charge < -0.3 is 5.11 Å². The van der Waals surface area contributed by atoms with Crippen molar-refractivity contribution in [3.8, 4) is 5.75 Å². The fraction of sp³-hybridized carbons (Fsp3) is 0.333. The van der Waals surface area contributed by atoms with Crippen molar-refractivity contribution in [3.63, 3.8) is 0 Å². The van der Waals surface area contributed by atoms with Crippen LogP contribution in [-0.2, 0) is 16.6 Å². The van der Waals surface area contributed by atoms with Gasteiger partial charge in [-0.15, -0.1) is 0 Å². The molecule has 0 saturated heterocycles. The molecule has 1 aromatic carbocycles. The van der Waals surface area contributed by atoms with Crippen molar-refractivity contribution in [1.29, 1.82) is 0 Å². The van der Waals surface area contributed by atoms with E-state index >= 15 is 0 Å². The molecule has 1 nitrogen and oxygen atoms in total. The van der Waals surface area contributed by atoms with Gasteiger partial charge in [-0.3, -0.25) is 0 Å². The zero-order valence-corrected chi connectivity index (χ0v) is 7.69. The lowest BCUT2D eigenvalue weighted by Crippen LogP contribution is -1.98. The Morgan fingerprint density at radius 1 is 1.36 bits per heavy atom. The van der Waals surface area contributed by atoms with E-state index in [0.717, 1.165) is 5.75 Å². The molecule has 0 unspecified atom stereocenters. The van der Waals surface area contributed by atoms with Gasteiger partial charge in [0.05, 0.1) is 12.5 Å². The van der Waals surface area contributed by atoms with Crippen LogP contribution in [0.5, 0.6) is 5.75 Å². The zero-order valence-electron chi connectivity index (χ0n) is 6.87. The van der Waals surface area contributed by atoms with E-state index < -0.39 is 0 Å². The summed E-state index contributed by atoms with van der Waals surface area (Å²) in [7, 11) is 0.414. The summed E-state index contributed by atoms with van der Waals surface area (Å²) >= 11 is 0. The van der Waals surface area contributed by atoms with Gasteiger partial charge in [-0.05, 0) is 23.0 Å². The van der Waals surface area contributed by atoms with E-state index in [9.17, 15) is 0 Å². The number of hydrogen-bond acceptors (Lipinski definition) is 1. The van der Waals surface area contributed by atoms with Gasteiger partial charge in [-0.2, -0.15) is 0 Å². The van der Waals surface area contributed by atoms with E-state index in [1.807, 2.05) is 18.2 Å². The molecule has 0 saturated carbocycles. The molecule has 0 atom stereocenters. The minimum Gasteiger partial charge on any atom is -0.508 e. The Bertz CT molecular complexity index is 233. The third-order valence-electron chi connectivity index (χ3n) is 1.37. The van der Waals surface area contributed by atoms with Gasteiger partial charge in [-0.1, -0.05) is 12.1 Å². The average molecular weight is 169 g/mol. The molecule has 0 aliphatic rings. The summed E-state index contributed by atoms with van der Waals surface area (Å²) in [5.41, 5.74) is 1.22. The van der Waals surface area contributed by atoms with E-state index in [0.29, 0.717) is 16.6 Å². The highest BCUT2D eigenvalue weighted by Gasteiger charge is 2.03. The summed E-state index contributed by atoms with van der Waals surface area (Å²) in [5.74, 6) is 1.43. The fourth-order valence-electron chi connectivity index (χ4n) is 0.980. The van der Waals surface area contributed by atoms with Crippen molar-refractivity contribution in [1.82, 2.24) is 0 Å². The molecule has 11 heavy (non-hydrogen) atoms. The van der Waals surface area contributed by atoms with Crippen LogP contribution < -0.4 is 0 Å². The van der Waals surface area contributed by atoms with Crippen LogP contribution in [0.2, 0.25) is 0 Å². The Labute approximate surface area is 70.4 Å². The Balaban J connectivity index is 2.71. The Morgan fingerprint density at radius 2 is 2.09 bits per heavy atom. The van der Waals surface area contributed by atoms with Gasteiger partial charge in [0, 0.05) is 5.56 Å². The quantitative estimate of drug-likeness (QED) is 0.669. The van der Waals surface area contributed by atoms with E-state index in [1.165, 1.54) is 5.56 Å². The van der Waals surface area contributed by atoms with Gasteiger partial charge >= 0.3 is 0 Å². The minimum absolute atomic E-state index is 0.368. The molecular formula is C9H13OS+. The van der Waals surface area contributed by atoms with Gasteiger partial charge in [0.15, 0.2) is 0 Å². The van der Waals surface area contributed by atoms with Crippen molar-refractivity contribution in [2.45, 2.75) is 5.75 Å². The minimum atomic E-state index is 0.368. The number of phenolic OH excluding ortho intramolecular Hbond substituents is 1. The van der Waals surface area contributed by atoms with Gasteiger partial charge in [-0.25, -0.2) is 0 Å². The smallest absolute Gasteiger partial charge is 0.132 e. The predicted molar refractivity (Wildman–Crippen MR) is 51.0 cm³/mol. The average Bonchev–Trinajstić information content (AvgIpc) is 1.85. The lowest BCUT2D eigenvalue weighted by atomic mass is 10.2. The van der Waals surface area contributed by atoms with Crippen molar-refractivity contribution in [3.05, 3.63) is 29.8 Å². The molecular weight excluding hydrogens is 156 g/mol. The normalized spacial score (nSPS) is 10.5. The molecule has 0 aromatic heterocycles. The second kappa shape index (κ2) is 3.67. The Kier molecular flexibility index (Phi) is 2.83. The first kappa shape index (κ1) is 8.47. The van der Waals surface area contributed by atoms with Crippen molar-refractivity contribution >= 4 is 10.9 Å². The fourth-order valence-corrected chi connectivity index (χ4v) is 1.83. The largest absolute Gasteiger partial charge is 0.508 e. The number of aromatic hydroxyl groups is 1. The maximum absolute atomic E-state index is 9.13. The molecule has 0 heterocycles. The van der Waals surface area contributed by atoms with Crippen molar-refractivity contribution < 1.29 is 5.11 Å². The lowest BCUT2D eigenvalue weighted by molar-refractivity contribution is 0.475. The van der Waals surface area contributed by atoms with Gasteiger partial charge in [0.2, 0.25) is 0 Å². The van der Waals surface area contributed by atoms with E-state index in [1.54, 1.807) is 6.07 Å². The van der Waals surface area contributed by atoms with Crippen LogP contribution in [0.1, 0.15) is 5.56 Å². The highest BCUT2D eigenvalue weighted by molar-refractivity contribution is 7.94. The van der Waals surface area contributed by atoms with Crippen molar-refractivity contribution in [2.24, 2.45) is 0 Å². The molecule has 0 spiro atoms. The maximum atomic E-state index is 9.13. The highest BCUT2D eigenvalue weighted by atomic mass is 32.2. The van der Waals surface area contributed by atoms with E-state index in [4.69, 9.17) is 5.11 Å². The Morgan fingerprint density at radius 3 is 2.64 bits per heavy atom. The first-order valence-corrected chi connectivity index (χ1v) is 5.71. The molecule has 1 N–H and O–H groups in total. The Hall–Kier alpha value is -0.630. The summed E-state index contributed by atoms with van der Waals surface area (Å²) in [5, 5.41) is 9.13. The second-order valence-corrected chi connectivity index (χ2v) is 5.06. The summed E-state index contributed by atoms with van der Waals surface area (Å²) < 4.78 is 0. The van der Waals surface area contributed by atoms with Crippen LogP contribution >= 0.6 is 0 Å². The summed E-state index contributed by atoms with van der Waals surface area (Å²) in [6.07, 6.45) is 4.40. The predicted octanol–water partition coefficient (Wildman–Crippen LogP) is 1.77. The first-order valence-electron chi connectivity index (χ1n) is 3.50. The SMILES string of the molecule is C[S+](C)Cc1cccc(O)c1. The summed E-state index contributed by atoms with van der Waals surface area (Å²) in [4.78, 5) is 0. The number of rotatable bonds is 2. The summed E-state index contributed by atoms with van der Waals surface area (Å²) in [6.45, 7) is 0. The molecule has 0 bridgehead atoms. The second-order valence-electron chi connectivity index (χ2n) is 2.80. The molecule has 1 aromatic rings. The molecule has 0 aliphatic carbocycles. The third-order valence-corrected chi connectivity index (χ3v) is 2.28. The molecule has 0 radical (unpaired) electrons. The van der Waals surface area contributed by atoms with Crippen LogP contribution in [-0.4, -0.2) is 17.6 Å². The molecule has 1 rings (SSSR count). The van der Waals surface area contributed by atoms with Crippen LogP contribution in [0.4, 0.5) is 0 Å². The van der Waals surface area contributed by atoms with Crippen molar-refractivity contribution in [2.75, 3.05) is 12.5 Å². The van der Waals surface area contributed by atoms with Crippen LogP contribution in [0.15, 0.2) is 24.3 Å². The maximum Gasteiger partial charge on any atom is 0.132 e. The van der Waals surface area contributed by atoms with E-state index in [2.05, 4.69) is 12.5 Å². The third kappa shape index (κ3) is 2.85. The molecule has 0 aliphatic heterocycles. The number of hydrogen-bond donors (Lipinski definition) is 1. The standard InChI is InChI=1S/C9H12OS/c1-11(2)7-8-4-3-5-9(10)6-8/h3-6H,7H2,1-2H3/p+1. The zero-order chi connectivity index (χ0) is 8.27. The lowest BCUT2D eigenvalue weighted by Gasteiger charge is -1.98. The number of phenols is 1. The van der Waals surface area contributed by atoms with Gasteiger partial charge in [0.1, 0.15) is 11.5 Å². The monoisotopic (exact) mass is 169 g/mol. The van der Waals surface area contributed by atoms with Crippen LogP contribution in [0.3, 0.4) is 0 Å². The number of benzene rings is 1. The molecule has 60 valence electrons. The molecule has 0 amide bonds.